The molecular formula is C26H32N4O2S. The first-order valence-electron chi connectivity index (χ1n) is 11.5. The molecular weight excluding hydrogens is 432 g/mol. The fraction of sp³-hybridized carbons (Fsp3) is 0.538. The maximum absolute atomic E-state index is 12.9. The number of nitrogens with zero attached hydrogens (tertiary/aromatic N) is 2. The van der Waals surface area contributed by atoms with Gasteiger partial charge >= 0.3 is 0 Å². The Bertz CT molecular complexity index is 1030. The number of nitrogens with one attached hydrogen (secondary N) is 2. The Morgan fingerprint density at radius 2 is 1.91 bits per heavy atom. The zero-order chi connectivity index (χ0) is 24.2. The van der Waals surface area contributed by atoms with Crippen molar-refractivity contribution in [2.75, 3.05) is 11.1 Å². The molecule has 1 aliphatic carbocycles. The third-order valence-electron chi connectivity index (χ3n) is 7.14. The van der Waals surface area contributed by atoms with E-state index >= 15 is 0 Å². The lowest BCUT2D eigenvalue weighted by atomic mass is 9.56. The average Bonchev–Trinajstić information content (AvgIpc) is 2.78. The van der Waals surface area contributed by atoms with Gasteiger partial charge in [-0.15, -0.1) is 0 Å². The molecule has 1 fully saturated rings. The van der Waals surface area contributed by atoms with E-state index in [9.17, 15) is 20.1 Å². The SMILES string of the molecule is CCc1ccccc1NC(=O)CSC1=C(C#N)C2(CCC(C(C)(C)C)CC2)C(C#N)C(=O)N1. The Morgan fingerprint density at radius 1 is 1.24 bits per heavy atom. The van der Waals surface area contributed by atoms with Crippen LogP contribution in [0.5, 0.6) is 0 Å². The molecule has 0 radical (unpaired) electrons. The number of para-hydroxylation sites is 1. The maximum atomic E-state index is 12.9. The van der Waals surface area contributed by atoms with Crippen LogP contribution in [0.25, 0.3) is 0 Å². The highest BCUT2D eigenvalue weighted by molar-refractivity contribution is 8.03. The van der Waals surface area contributed by atoms with Gasteiger partial charge in [-0.05, 0) is 55.1 Å². The zero-order valence-electron chi connectivity index (χ0n) is 19.8. The second-order valence-corrected chi connectivity index (χ2v) is 11.0. The third kappa shape index (κ3) is 5.09. The molecule has 1 aromatic rings. The Hall–Kier alpha value is -2.77. The fourth-order valence-corrected chi connectivity index (χ4v) is 6.05. The van der Waals surface area contributed by atoms with E-state index in [-0.39, 0.29) is 23.0 Å². The van der Waals surface area contributed by atoms with Crippen LogP contribution in [0.3, 0.4) is 0 Å². The minimum Gasteiger partial charge on any atom is -0.325 e. The van der Waals surface area contributed by atoms with Gasteiger partial charge in [0.15, 0.2) is 0 Å². The smallest absolute Gasteiger partial charge is 0.243 e. The molecule has 1 atom stereocenters. The van der Waals surface area contributed by atoms with Gasteiger partial charge < -0.3 is 10.6 Å². The van der Waals surface area contributed by atoms with Crippen LogP contribution in [0.15, 0.2) is 34.9 Å². The van der Waals surface area contributed by atoms with Gasteiger partial charge in [0, 0.05) is 11.1 Å². The predicted octanol–water partition coefficient (Wildman–Crippen LogP) is 5.15. The highest BCUT2D eigenvalue weighted by Crippen LogP contribution is 2.55. The molecule has 0 saturated heterocycles. The normalized spacial score (nSPS) is 25.2. The molecule has 7 heteroatoms. The van der Waals surface area contributed by atoms with Crippen LogP contribution >= 0.6 is 11.8 Å². The molecule has 1 spiro atoms. The number of nitriles is 2. The van der Waals surface area contributed by atoms with E-state index in [2.05, 4.69) is 43.5 Å². The van der Waals surface area contributed by atoms with Gasteiger partial charge in [0.1, 0.15) is 5.92 Å². The molecule has 2 N–H and O–H groups in total. The van der Waals surface area contributed by atoms with Gasteiger partial charge in [-0.2, -0.15) is 10.5 Å². The first-order valence-corrected chi connectivity index (χ1v) is 12.5. The van der Waals surface area contributed by atoms with Gasteiger partial charge in [-0.25, -0.2) is 0 Å². The fourth-order valence-electron chi connectivity index (χ4n) is 5.13. The second-order valence-electron chi connectivity index (χ2n) is 10.0. The van der Waals surface area contributed by atoms with Crippen molar-refractivity contribution in [3.63, 3.8) is 0 Å². The first kappa shape index (κ1) is 24.9. The van der Waals surface area contributed by atoms with Gasteiger partial charge in [-0.3, -0.25) is 9.59 Å². The molecule has 2 aliphatic rings. The number of amides is 2. The second kappa shape index (κ2) is 10.0. The molecule has 174 valence electrons. The quantitative estimate of drug-likeness (QED) is 0.627. The van der Waals surface area contributed by atoms with E-state index in [1.807, 2.05) is 31.2 Å². The van der Waals surface area contributed by atoms with Crippen LogP contribution in [0.1, 0.15) is 58.9 Å². The van der Waals surface area contributed by atoms with Crippen molar-refractivity contribution in [2.24, 2.45) is 22.7 Å². The number of hydrogen-bond donors (Lipinski definition) is 2. The molecule has 1 aliphatic heterocycles. The average molecular weight is 465 g/mol. The van der Waals surface area contributed by atoms with Crippen LogP contribution in [0.4, 0.5) is 5.69 Å². The monoisotopic (exact) mass is 464 g/mol. The standard InChI is InChI=1S/C26H32N4O2S/c1-5-17-8-6-7-9-21(17)29-22(31)16-33-24-20(15-28)26(19(14-27)23(32)30-24)12-10-18(11-13-26)25(2,3)4/h6-9,18-19H,5,10-13,16H2,1-4H3,(H,29,31)(H,30,32). The summed E-state index contributed by atoms with van der Waals surface area (Å²) in [5.74, 6) is -0.912. The highest BCUT2D eigenvalue weighted by Gasteiger charge is 2.53. The summed E-state index contributed by atoms with van der Waals surface area (Å²) in [5.41, 5.74) is 1.63. The number of carbonyl (C=O) groups excluding carboxylic acids is 2. The maximum Gasteiger partial charge on any atom is 0.243 e. The van der Waals surface area contributed by atoms with Crippen LogP contribution in [-0.4, -0.2) is 17.6 Å². The lowest BCUT2D eigenvalue weighted by Crippen LogP contribution is -2.50. The van der Waals surface area contributed by atoms with Crippen molar-refractivity contribution >= 4 is 29.3 Å². The Morgan fingerprint density at radius 3 is 2.48 bits per heavy atom. The number of hydrogen-bond acceptors (Lipinski definition) is 5. The molecule has 0 aromatic heterocycles. The van der Waals surface area contributed by atoms with Crippen LogP contribution < -0.4 is 10.6 Å². The zero-order valence-corrected chi connectivity index (χ0v) is 20.6. The number of anilines is 1. The minimum atomic E-state index is -0.886. The number of benzene rings is 1. The Labute approximate surface area is 200 Å². The van der Waals surface area contributed by atoms with Gasteiger partial charge in [-0.1, -0.05) is 57.7 Å². The molecule has 2 amide bonds. The van der Waals surface area contributed by atoms with Crippen molar-refractivity contribution in [1.29, 1.82) is 10.5 Å². The number of aryl methyl sites for hydroxylation is 1. The molecule has 3 rings (SSSR count). The number of carbonyl (C=O) groups is 2. The van der Waals surface area contributed by atoms with E-state index < -0.39 is 11.3 Å². The number of thioether (sulfide) groups is 1. The molecule has 6 nitrogen and oxygen atoms in total. The molecule has 0 bridgehead atoms. The van der Waals surface area contributed by atoms with E-state index in [4.69, 9.17) is 0 Å². The van der Waals surface area contributed by atoms with Crippen molar-refractivity contribution in [1.82, 2.24) is 5.32 Å². The molecule has 1 saturated carbocycles. The van der Waals surface area contributed by atoms with Crippen molar-refractivity contribution < 1.29 is 9.59 Å². The number of rotatable bonds is 5. The van der Waals surface area contributed by atoms with Crippen LogP contribution in [0.2, 0.25) is 0 Å². The largest absolute Gasteiger partial charge is 0.325 e. The predicted molar refractivity (Wildman–Crippen MR) is 131 cm³/mol. The van der Waals surface area contributed by atoms with Crippen molar-refractivity contribution in [2.45, 2.75) is 59.8 Å². The van der Waals surface area contributed by atoms with Gasteiger partial charge in [0.25, 0.3) is 0 Å². The summed E-state index contributed by atoms with van der Waals surface area (Å²) in [5, 5.41) is 26.0. The highest BCUT2D eigenvalue weighted by atomic mass is 32.2. The van der Waals surface area contributed by atoms with E-state index in [0.717, 1.165) is 42.3 Å². The Kier molecular flexibility index (Phi) is 7.55. The molecule has 1 unspecified atom stereocenters. The summed E-state index contributed by atoms with van der Waals surface area (Å²) in [4.78, 5) is 25.5. The molecule has 1 aromatic carbocycles. The third-order valence-corrected chi connectivity index (χ3v) is 8.14. The summed E-state index contributed by atoms with van der Waals surface area (Å²) >= 11 is 1.16. The first-order chi connectivity index (χ1) is 15.7. The van der Waals surface area contributed by atoms with E-state index in [0.29, 0.717) is 29.4 Å². The lowest BCUT2D eigenvalue weighted by Gasteiger charge is -2.47. The molecule has 33 heavy (non-hydrogen) atoms. The van der Waals surface area contributed by atoms with E-state index in [1.165, 1.54) is 0 Å². The number of allylic oxidation sites excluding steroid dienone is 1. The minimum absolute atomic E-state index is 0.0662. The summed E-state index contributed by atoms with van der Waals surface area (Å²) in [6, 6.07) is 12.1. The van der Waals surface area contributed by atoms with Crippen LogP contribution in [-0.2, 0) is 16.0 Å². The summed E-state index contributed by atoms with van der Waals surface area (Å²) in [6.45, 7) is 8.66. The van der Waals surface area contributed by atoms with Crippen LogP contribution in [0, 0.1) is 45.3 Å². The van der Waals surface area contributed by atoms with Crippen molar-refractivity contribution in [3.8, 4) is 12.1 Å². The van der Waals surface area contributed by atoms with Crippen molar-refractivity contribution in [3.05, 3.63) is 40.4 Å². The van der Waals surface area contributed by atoms with Gasteiger partial charge in [0.05, 0.1) is 28.5 Å². The van der Waals surface area contributed by atoms with Gasteiger partial charge in [0.2, 0.25) is 11.8 Å². The lowest BCUT2D eigenvalue weighted by molar-refractivity contribution is -0.127. The molecule has 1 heterocycles. The summed E-state index contributed by atoms with van der Waals surface area (Å²) < 4.78 is 0. The topological polar surface area (TPSA) is 106 Å². The summed E-state index contributed by atoms with van der Waals surface area (Å²) in [6.07, 6.45) is 3.79. The van der Waals surface area contributed by atoms with E-state index in [1.54, 1.807) is 0 Å². The Balaban J connectivity index is 1.82. The summed E-state index contributed by atoms with van der Waals surface area (Å²) in [7, 11) is 0.